The Morgan fingerprint density at radius 3 is 2.81 bits per heavy atom. The van der Waals surface area contributed by atoms with E-state index in [0.717, 1.165) is 24.5 Å². The van der Waals surface area contributed by atoms with E-state index < -0.39 is 0 Å². The lowest BCUT2D eigenvalue weighted by atomic mass is 9.97. The summed E-state index contributed by atoms with van der Waals surface area (Å²) in [5, 5.41) is 5.14. The van der Waals surface area contributed by atoms with Crippen LogP contribution in [0.15, 0.2) is 18.2 Å². The van der Waals surface area contributed by atoms with Crippen molar-refractivity contribution >= 4 is 23.2 Å². The van der Waals surface area contributed by atoms with Crippen molar-refractivity contribution in [1.82, 2.24) is 10.2 Å². The largest absolute Gasteiger partial charge is 0.314 e. The van der Waals surface area contributed by atoms with Crippen LogP contribution in [-0.2, 0) is 6.42 Å². The van der Waals surface area contributed by atoms with Crippen molar-refractivity contribution in [3.63, 3.8) is 0 Å². The van der Waals surface area contributed by atoms with E-state index in [1.807, 2.05) is 18.2 Å². The number of halogens is 2. The molecule has 1 heterocycles. The Hall–Kier alpha value is -0.280. The Morgan fingerprint density at radius 1 is 1.33 bits per heavy atom. The van der Waals surface area contributed by atoms with Crippen LogP contribution >= 0.6 is 23.2 Å². The molecule has 2 nitrogen and oxygen atoms in total. The molecular weight excluding hydrogens is 303 g/mol. The molecule has 2 atom stereocenters. The predicted octanol–water partition coefficient (Wildman–Crippen LogP) is 4.39. The molecule has 1 aliphatic heterocycles. The van der Waals surface area contributed by atoms with Gasteiger partial charge in [0.2, 0.25) is 0 Å². The number of likely N-dealkylation sites (tertiary alicyclic amines) is 1. The van der Waals surface area contributed by atoms with Gasteiger partial charge in [-0.3, -0.25) is 0 Å². The Bertz CT molecular complexity index is 450. The van der Waals surface area contributed by atoms with Crippen LogP contribution in [0.1, 0.15) is 38.7 Å². The fourth-order valence-electron chi connectivity index (χ4n) is 3.08. The molecular formula is C17H26Cl2N2. The fraction of sp³-hybridized carbons (Fsp3) is 0.647. The highest BCUT2D eigenvalue weighted by atomic mass is 35.5. The molecule has 4 heteroatoms. The van der Waals surface area contributed by atoms with Crippen molar-refractivity contribution in [2.75, 3.05) is 19.6 Å². The average Bonchev–Trinajstić information content (AvgIpc) is 2.45. The van der Waals surface area contributed by atoms with Crippen molar-refractivity contribution in [3.05, 3.63) is 33.8 Å². The van der Waals surface area contributed by atoms with Gasteiger partial charge < -0.3 is 10.2 Å². The van der Waals surface area contributed by atoms with Gasteiger partial charge in [-0.2, -0.15) is 0 Å². The molecule has 0 bridgehead atoms. The van der Waals surface area contributed by atoms with E-state index in [4.69, 9.17) is 23.2 Å². The normalized spacial score (nSPS) is 23.4. The molecule has 2 unspecified atom stereocenters. The minimum atomic E-state index is 0.638. The number of hydrogen-bond donors (Lipinski definition) is 1. The summed E-state index contributed by atoms with van der Waals surface area (Å²) in [5.41, 5.74) is 1.19. The first-order valence-electron chi connectivity index (χ1n) is 8.01. The molecule has 21 heavy (non-hydrogen) atoms. The van der Waals surface area contributed by atoms with Gasteiger partial charge in [-0.1, -0.05) is 36.2 Å². The van der Waals surface area contributed by atoms with Crippen molar-refractivity contribution < 1.29 is 0 Å². The first-order chi connectivity index (χ1) is 10.1. The SMILES string of the molecule is CCCNC1CCN(CCc2ccc(Cl)cc2Cl)C(C)C1. The molecule has 0 spiro atoms. The Morgan fingerprint density at radius 2 is 2.14 bits per heavy atom. The molecule has 1 aliphatic rings. The number of hydrogen-bond acceptors (Lipinski definition) is 2. The van der Waals surface area contributed by atoms with Crippen molar-refractivity contribution in [2.24, 2.45) is 0 Å². The summed E-state index contributed by atoms with van der Waals surface area (Å²) in [6.45, 7) is 7.94. The summed E-state index contributed by atoms with van der Waals surface area (Å²) in [4.78, 5) is 2.58. The second kappa shape index (κ2) is 8.38. The van der Waals surface area contributed by atoms with E-state index in [0.29, 0.717) is 17.1 Å². The molecule has 118 valence electrons. The number of piperidine rings is 1. The molecule has 0 radical (unpaired) electrons. The van der Waals surface area contributed by atoms with Crippen LogP contribution < -0.4 is 5.32 Å². The van der Waals surface area contributed by atoms with E-state index in [1.54, 1.807) is 0 Å². The highest BCUT2D eigenvalue weighted by Gasteiger charge is 2.24. The van der Waals surface area contributed by atoms with Crippen molar-refractivity contribution in [1.29, 1.82) is 0 Å². The smallest absolute Gasteiger partial charge is 0.0453 e. The van der Waals surface area contributed by atoms with Gasteiger partial charge in [-0.15, -0.1) is 0 Å². The second-order valence-corrected chi connectivity index (χ2v) is 6.89. The van der Waals surface area contributed by atoms with Gasteiger partial charge in [0.1, 0.15) is 0 Å². The van der Waals surface area contributed by atoms with Crippen LogP contribution in [-0.4, -0.2) is 36.6 Å². The summed E-state index contributed by atoms with van der Waals surface area (Å²) < 4.78 is 0. The Labute approximate surface area is 138 Å². The second-order valence-electron chi connectivity index (χ2n) is 6.05. The Balaban J connectivity index is 1.81. The zero-order valence-electron chi connectivity index (χ0n) is 13.0. The van der Waals surface area contributed by atoms with Gasteiger partial charge >= 0.3 is 0 Å². The van der Waals surface area contributed by atoms with E-state index in [9.17, 15) is 0 Å². The summed E-state index contributed by atoms with van der Waals surface area (Å²) in [5.74, 6) is 0. The molecule has 1 aromatic rings. The van der Waals surface area contributed by atoms with E-state index in [-0.39, 0.29) is 0 Å². The van der Waals surface area contributed by atoms with Crippen molar-refractivity contribution in [3.8, 4) is 0 Å². The number of benzene rings is 1. The third-order valence-corrected chi connectivity index (χ3v) is 4.97. The van der Waals surface area contributed by atoms with Gasteiger partial charge in [0.05, 0.1) is 0 Å². The molecule has 0 saturated carbocycles. The minimum absolute atomic E-state index is 0.638. The van der Waals surface area contributed by atoms with Gasteiger partial charge in [0.25, 0.3) is 0 Å². The molecule has 2 rings (SSSR count). The maximum Gasteiger partial charge on any atom is 0.0453 e. The highest BCUT2D eigenvalue weighted by Crippen LogP contribution is 2.23. The first-order valence-corrected chi connectivity index (χ1v) is 8.77. The maximum absolute atomic E-state index is 6.25. The molecule has 1 N–H and O–H groups in total. The van der Waals surface area contributed by atoms with Gasteiger partial charge in [0.15, 0.2) is 0 Å². The van der Waals surface area contributed by atoms with Crippen LogP contribution in [0.4, 0.5) is 0 Å². The van der Waals surface area contributed by atoms with Crippen LogP contribution in [0.25, 0.3) is 0 Å². The van der Waals surface area contributed by atoms with Crippen LogP contribution in [0.2, 0.25) is 10.0 Å². The lowest BCUT2D eigenvalue weighted by molar-refractivity contribution is 0.138. The van der Waals surface area contributed by atoms with E-state index in [1.165, 1.54) is 31.4 Å². The van der Waals surface area contributed by atoms with Crippen molar-refractivity contribution in [2.45, 2.75) is 51.6 Å². The third-order valence-electron chi connectivity index (χ3n) is 4.38. The molecule has 0 aliphatic carbocycles. The minimum Gasteiger partial charge on any atom is -0.314 e. The first kappa shape index (κ1) is 17.1. The maximum atomic E-state index is 6.25. The summed E-state index contributed by atoms with van der Waals surface area (Å²) >= 11 is 12.2. The van der Waals surface area contributed by atoms with Gasteiger partial charge in [-0.25, -0.2) is 0 Å². The predicted molar refractivity (Wildman–Crippen MR) is 92.5 cm³/mol. The summed E-state index contributed by atoms with van der Waals surface area (Å²) in [6, 6.07) is 7.13. The monoisotopic (exact) mass is 328 g/mol. The van der Waals surface area contributed by atoms with Crippen LogP contribution in [0.3, 0.4) is 0 Å². The molecule has 1 aromatic carbocycles. The zero-order valence-corrected chi connectivity index (χ0v) is 14.6. The molecule has 0 amide bonds. The Kier molecular flexibility index (Phi) is 6.81. The molecule has 1 saturated heterocycles. The molecule has 0 aromatic heterocycles. The highest BCUT2D eigenvalue weighted by molar-refractivity contribution is 6.35. The van der Waals surface area contributed by atoms with Gasteiger partial charge in [-0.05, 0) is 63.4 Å². The number of nitrogens with one attached hydrogen (secondary N) is 1. The number of rotatable bonds is 6. The number of nitrogens with zero attached hydrogens (tertiary/aromatic N) is 1. The summed E-state index contributed by atoms with van der Waals surface area (Å²) in [6.07, 6.45) is 4.70. The molecule has 1 fully saturated rings. The lowest BCUT2D eigenvalue weighted by Gasteiger charge is -2.38. The van der Waals surface area contributed by atoms with E-state index in [2.05, 4.69) is 24.1 Å². The lowest BCUT2D eigenvalue weighted by Crippen LogP contribution is -2.48. The standard InChI is InChI=1S/C17H26Cl2N2/c1-3-8-20-16-7-10-21(13(2)11-16)9-6-14-4-5-15(18)12-17(14)19/h4-5,12-13,16,20H,3,6-11H2,1-2H3. The van der Waals surface area contributed by atoms with E-state index >= 15 is 0 Å². The van der Waals surface area contributed by atoms with Crippen LogP contribution in [0.5, 0.6) is 0 Å². The fourth-order valence-corrected chi connectivity index (χ4v) is 3.58. The quantitative estimate of drug-likeness (QED) is 0.833. The van der Waals surface area contributed by atoms with Crippen LogP contribution in [0, 0.1) is 0 Å². The topological polar surface area (TPSA) is 15.3 Å². The van der Waals surface area contributed by atoms with Gasteiger partial charge in [0, 0.05) is 28.7 Å². The zero-order chi connectivity index (χ0) is 15.2. The summed E-state index contributed by atoms with van der Waals surface area (Å²) in [7, 11) is 0. The average molecular weight is 329 g/mol. The third kappa shape index (κ3) is 5.14.